The van der Waals surface area contributed by atoms with Gasteiger partial charge in [0, 0.05) is 11.8 Å². The van der Waals surface area contributed by atoms with Crippen LogP contribution in [0.3, 0.4) is 0 Å². The minimum atomic E-state index is -4.48. The molecule has 0 unspecified atom stereocenters. The van der Waals surface area contributed by atoms with E-state index in [0.29, 0.717) is 17.0 Å². The molecular formula is C16H10F3N3O. The van der Waals surface area contributed by atoms with Gasteiger partial charge in [-0.05, 0) is 24.3 Å². The number of methoxy groups -OCH3 is 1. The van der Waals surface area contributed by atoms with Crippen LogP contribution in [0, 0.1) is 11.3 Å². The zero-order valence-electron chi connectivity index (χ0n) is 11.9. The fourth-order valence-corrected chi connectivity index (χ4v) is 2.29. The maximum absolute atomic E-state index is 12.8. The van der Waals surface area contributed by atoms with Gasteiger partial charge in [-0.2, -0.15) is 18.4 Å². The second kappa shape index (κ2) is 5.32. The zero-order valence-corrected chi connectivity index (χ0v) is 11.9. The minimum Gasteiger partial charge on any atom is -0.497 e. The summed E-state index contributed by atoms with van der Waals surface area (Å²) in [6.07, 6.45) is -3.61. The van der Waals surface area contributed by atoms with Crippen LogP contribution in [0.15, 0.2) is 42.6 Å². The van der Waals surface area contributed by atoms with Crippen LogP contribution in [0.2, 0.25) is 0 Å². The Kier molecular flexibility index (Phi) is 3.45. The summed E-state index contributed by atoms with van der Waals surface area (Å²) in [7, 11) is 1.50. The second-order valence-corrected chi connectivity index (χ2v) is 4.80. The molecular weight excluding hydrogens is 307 g/mol. The van der Waals surface area contributed by atoms with Crippen LogP contribution >= 0.6 is 0 Å². The molecule has 0 saturated heterocycles. The number of benzene rings is 1. The Bertz CT molecular complexity index is 922. The molecule has 4 nitrogen and oxygen atoms in total. The van der Waals surface area contributed by atoms with Gasteiger partial charge in [-0.15, -0.1) is 0 Å². The molecule has 0 atom stereocenters. The van der Waals surface area contributed by atoms with Gasteiger partial charge in [0.1, 0.15) is 23.2 Å². The van der Waals surface area contributed by atoms with E-state index in [1.165, 1.54) is 13.2 Å². The van der Waals surface area contributed by atoms with Gasteiger partial charge in [-0.25, -0.2) is 4.98 Å². The number of aromatic nitrogens is 2. The average Bonchev–Trinajstić information content (AvgIpc) is 2.91. The summed E-state index contributed by atoms with van der Waals surface area (Å²) in [6, 6.07) is 11.0. The van der Waals surface area contributed by atoms with Gasteiger partial charge >= 0.3 is 6.18 Å². The molecule has 0 aliphatic rings. The molecule has 0 saturated carbocycles. The first kappa shape index (κ1) is 14.9. The Hall–Kier alpha value is -3.01. The molecule has 0 aliphatic carbocycles. The standard InChI is InChI=1S/C16H10F3N3O/c1-23-12-4-2-3-10(7-12)15-13(8-20)22-9-11(16(17,18)19)5-6-14(22)21-15/h2-7,9H,1H3. The number of pyridine rings is 1. The third-order valence-corrected chi connectivity index (χ3v) is 3.39. The number of alkyl halides is 3. The minimum absolute atomic E-state index is 0.0411. The Morgan fingerprint density at radius 1 is 1.22 bits per heavy atom. The molecule has 3 aromatic rings. The monoisotopic (exact) mass is 317 g/mol. The van der Waals surface area contributed by atoms with E-state index in [0.717, 1.165) is 16.7 Å². The number of nitriles is 1. The fraction of sp³-hybridized carbons (Fsp3) is 0.125. The quantitative estimate of drug-likeness (QED) is 0.720. The summed E-state index contributed by atoms with van der Waals surface area (Å²) < 4.78 is 44.8. The molecule has 0 aliphatic heterocycles. The zero-order chi connectivity index (χ0) is 16.6. The van der Waals surface area contributed by atoms with Crippen LogP contribution in [0.5, 0.6) is 5.75 Å². The van der Waals surface area contributed by atoms with Crippen molar-refractivity contribution in [1.29, 1.82) is 5.26 Å². The maximum Gasteiger partial charge on any atom is 0.417 e. The summed E-state index contributed by atoms with van der Waals surface area (Å²) in [6.45, 7) is 0. The summed E-state index contributed by atoms with van der Waals surface area (Å²) >= 11 is 0. The van der Waals surface area contributed by atoms with E-state index in [2.05, 4.69) is 4.98 Å². The van der Waals surface area contributed by atoms with Crippen LogP contribution < -0.4 is 4.74 Å². The number of nitrogens with zero attached hydrogens (tertiary/aromatic N) is 3. The fourth-order valence-electron chi connectivity index (χ4n) is 2.29. The molecule has 0 fully saturated rings. The molecule has 1 aromatic carbocycles. The molecule has 2 aromatic heterocycles. The van der Waals surface area contributed by atoms with Crippen LogP contribution in [0.4, 0.5) is 13.2 Å². The van der Waals surface area contributed by atoms with Gasteiger partial charge in [0.15, 0.2) is 5.69 Å². The lowest BCUT2D eigenvalue weighted by Gasteiger charge is -2.06. The van der Waals surface area contributed by atoms with Gasteiger partial charge < -0.3 is 4.74 Å². The number of ether oxygens (including phenoxy) is 1. The predicted octanol–water partition coefficient (Wildman–Crippen LogP) is 3.90. The highest BCUT2D eigenvalue weighted by atomic mass is 19.4. The van der Waals surface area contributed by atoms with E-state index in [1.807, 2.05) is 6.07 Å². The van der Waals surface area contributed by atoms with E-state index in [9.17, 15) is 18.4 Å². The van der Waals surface area contributed by atoms with Crippen LogP contribution in [0.1, 0.15) is 11.3 Å². The molecule has 0 amide bonds. The smallest absolute Gasteiger partial charge is 0.417 e. The molecule has 0 N–H and O–H groups in total. The Labute approximate surface area is 129 Å². The largest absolute Gasteiger partial charge is 0.497 e. The van der Waals surface area contributed by atoms with Crippen molar-refractivity contribution in [1.82, 2.24) is 9.38 Å². The summed E-state index contributed by atoms with van der Waals surface area (Å²) in [5.74, 6) is 0.569. The second-order valence-electron chi connectivity index (χ2n) is 4.80. The van der Waals surface area contributed by atoms with E-state index >= 15 is 0 Å². The van der Waals surface area contributed by atoms with Gasteiger partial charge in [0.25, 0.3) is 0 Å². The lowest BCUT2D eigenvalue weighted by molar-refractivity contribution is -0.137. The van der Waals surface area contributed by atoms with Crippen molar-refractivity contribution in [2.75, 3.05) is 7.11 Å². The molecule has 2 heterocycles. The number of halogens is 3. The maximum atomic E-state index is 12.8. The topological polar surface area (TPSA) is 50.3 Å². The van der Waals surface area contributed by atoms with Crippen molar-refractivity contribution in [3.8, 4) is 23.1 Å². The van der Waals surface area contributed by atoms with Crippen LogP contribution in [-0.2, 0) is 6.18 Å². The number of hydrogen-bond acceptors (Lipinski definition) is 3. The Morgan fingerprint density at radius 2 is 2.00 bits per heavy atom. The summed E-state index contributed by atoms with van der Waals surface area (Å²) in [4.78, 5) is 4.27. The van der Waals surface area contributed by atoms with Crippen molar-refractivity contribution >= 4 is 5.65 Å². The van der Waals surface area contributed by atoms with Crippen molar-refractivity contribution in [2.24, 2.45) is 0 Å². The number of fused-ring (bicyclic) bond motifs is 1. The van der Waals surface area contributed by atoms with E-state index < -0.39 is 11.7 Å². The molecule has 116 valence electrons. The van der Waals surface area contributed by atoms with Gasteiger partial charge in [0.05, 0.1) is 12.7 Å². The molecule has 7 heteroatoms. The van der Waals surface area contributed by atoms with Crippen molar-refractivity contribution < 1.29 is 17.9 Å². The third kappa shape index (κ3) is 2.59. The lowest BCUT2D eigenvalue weighted by Crippen LogP contribution is -2.06. The first-order chi connectivity index (χ1) is 10.9. The predicted molar refractivity (Wildman–Crippen MR) is 76.9 cm³/mol. The van der Waals surface area contributed by atoms with Crippen molar-refractivity contribution in [3.05, 3.63) is 53.9 Å². The molecule has 3 rings (SSSR count). The average molecular weight is 317 g/mol. The van der Waals surface area contributed by atoms with Gasteiger partial charge in [0.2, 0.25) is 0 Å². The summed E-state index contributed by atoms with van der Waals surface area (Å²) in [5, 5.41) is 9.36. The molecule has 23 heavy (non-hydrogen) atoms. The normalized spacial score (nSPS) is 11.4. The van der Waals surface area contributed by atoms with E-state index in [-0.39, 0.29) is 11.3 Å². The summed E-state index contributed by atoms with van der Waals surface area (Å²) in [5.41, 5.74) is 0.381. The molecule has 0 bridgehead atoms. The first-order valence-corrected chi connectivity index (χ1v) is 6.58. The van der Waals surface area contributed by atoms with Crippen LogP contribution in [-0.4, -0.2) is 16.5 Å². The number of hydrogen-bond donors (Lipinski definition) is 0. The van der Waals surface area contributed by atoms with Gasteiger partial charge in [-0.3, -0.25) is 4.40 Å². The number of rotatable bonds is 2. The van der Waals surface area contributed by atoms with Crippen LogP contribution in [0.25, 0.3) is 16.9 Å². The Morgan fingerprint density at radius 3 is 2.65 bits per heavy atom. The van der Waals surface area contributed by atoms with Crippen molar-refractivity contribution in [2.45, 2.75) is 6.18 Å². The van der Waals surface area contributed by atoms with E-state index in [4.69, 9.17) is 4.74 Å². The molecule has 0 spiro atoms. The lowest BCUT2D eigenvalue weighted by atomic mass is 10.1. The van der Waals surface area contributed by atoms with E-state index in [1.54, 1.807) is 24.3 Å². The third-order valence-electron chi connectivity index (χ3n) is 3.39. The number of imidazole rings is 1. The highest BCUT2D eigenvalue weighted by Crippen LogP contribution is 2.32. The SMILES string of the molecule is COc1cccc(-c2nc3ccc(C(F)(F)F)cn3c2C#N)c1. The van der Waals surface area contributed by atoms with Gasteiger partial charge in [-0.1, -0.05) is 12.1 Å². The first-order valence-electron chi connectivity index (χ1n) is 6.58. The Balaban J connectivity index is 2.24. The highest BCUT2D eigenvalue weighted by molar-refractivity contribution is 5.70. The molecule has 0 radical (unpaired) electrons. The van der Waals surface area contributed by atoms with Crippen molar-refractivity contribution in [3.63, 3.8) is 0 Å². The highest BCUT2D eigenvalue weighted by Gasteiger charge is 2.31.